The first-order valence-corrected chi connectivity index (χ1v) is 6.46. The Labute approximate surface area is 109 Å². The molecule has 98 valence electrons. The maximum absolute atomic E-state index is 11.6. The molecule has 2 atom stereocenters. The van der Waals surface area contributed by atoms with Gasteiger partial charge in [0, 0.05) is 19.0 Å². The highest BCUT2D eigenvalue weighted by Crippen LogP contribution is 2.48. The van der Waals surface area contributed by atoms with Crippen molar-refractivity contribution in [3.8, 4) is 5.75 Å². The fourth-order valence-electron chi connectivity index (χ4n) is 3.13. The van der Waals surface area contributed by atoms with Crippen LogP contribution in [0, 0.1) is 6.92 Å². The zero-order valence-corrected chi connectivity index (χ0v) is 11.5. The minimum Gasteiger partial charge on any atom is -0.496 e. The minimum absolute atomic E-state index is 0.113. The van der Waals surface area contributed by atoms with E-state index in [0.29, 0.717) is 18.3 Å². The molecule has 0 aromatic heterocycles. The fourth-order valence-corrected chi connectivity index (χ4v) is 3.13. The van der Waals surface area contributed by atoms with E-state index in [1.54, 1.807) is 14.2 Å². The molecule has 0 spiro atoms. The number of methoxy groups -OCH3 is 1. The zero-order chi connectivity index (χ0) is 13.3. The Morgan fingerprint density at radius 1 is 1.44 bits per heavy atom. The van der Waals surface area contributed by atoms with Gasteiger partial charge in [-0.2, -0.15) is 0 Å². The van der Waals surface area contributed by atoms with Crippen LogP contribution in [0.4, 0.5) is 0 Å². The summed E-state index contributed by atoms with van der Waals surface area (Å²) in [6.45, 7) is 4.33. The summed E-state index contributed by atoms with van der Waals surface area (Å²) in [5.74, 6) is 1.86. The normalized spacial score (nSPS) is 21.6. The molecular weight excluding hydrogens is 226 g/mol. The molecule has 2 rings (SSSR count). The number of fused-ring (bicyclic) bond motifs is 1. The predicted molar refractivity (Wildman–Crippen MR) is 72.2 cm³/mol. The van der Waals surface area contributed by atoms with Gasteiger partial charge in [0.1, 0.15) is 5.75 Å². The molecular formula is C15H21NO2. The molecule has 1 aromatic carbocycles. The molecule has 0 saturated heterocycles. The van der Waals surface area contributed by atoms with Gasteiger partial charge in [-0.3, -0.25) is 4.79 Å². The Hall–Kier alpha value is -1.51. The zero-order valence-electron chi connectivity index (χ0n) is 11.5. The van der Waals surface area contributed by atoms with E-state index in [0.717, 1.165) is 12.2 Å². The summed E-state index contributed by atoms with van der Waals surface area (Å²) in [5, 5.41) is 2.72. The van der Waals surface area contributed by atoms with Crippen molar-refractivity contribution in [2.75, 3.05) is 14.2 Å². The number of amides is 1. The van der Waals surface area contributed by atoms with Crippen LogP contribution < -0.4 is 10.1 Å². The number of hydrogen-bond acceptors (Lipinski definition) is 2. The molecule has 3 nitrogen and oxygen atoms in total. The standard InChI is InChI=1S/C15H21NO2/c1-9-5-6-12(18-4)15-10(2)7-11(14(9)15)8-13(17)16-3/h5-6,10-11H,7-8H2,1-4H3,(H,16,17). The average Bonchev–Trinajstić information content (AvgIpc) is 2.68. The lowest BCUT2D eigenvalue weighted by molar-refractivity contribution is -0.121. The summed E-state index contributed by atoms with van der Waals surface area (Å²) in [7, 11) is 3.41. The van der Waals surface area contributed by atoms with Crippen LogP contribution in [-0.4, -0.2) is 20.1 Å². The number of hydrogen-bond donors (Lipinski definition) is 1. The molecule has 0 fully saturated rings. The lowest BCUT2D eigenvalue weighted by Gasteiger charge is -2.15. The highest BCUT2D eigenvalue weighted by molar-refractivity contribution is 5.77. The van der Waals surface area contributed by atoms with Crippen molar-refractivity contribution in [1.29, 1.82) is 0 Å². The number of ether oxygens (including phenoxy) is 1. The Morgan fingerprint density at radius 3 is 2.78 bits per heavy atom. The predicted octanol–water partition coefficient (Wildman–Crippen LogP) is 2.73. The van der Waals surface area contributed by atoms with Crippen molar-refractivity contribution in [3.05, 3.63) is 28.8 Å². The first-order chi connectivity index (χ1) is 8.58. The van der Waals surface area contributed by atoms with Crippen molar-refractivity contribution in [2.45, 2.75) is 38.5 Å². The number of rotatable bonds is 3. The van der Waals surface area contributed by atoms with E-state index in [1.807, 2.05) is 6.07 Å². The lowest BCUT2D eigenvalue weighted by Crippen LogP contribution is -2.20. The third kappa shape index (κ3) is 2.09. The van der Waals surface area contributed by atoms with Gasteiger partial charge < -0.3 is 10.1 Å². The molecule has 1 aromatic rings. The number of carbonyl (C=O) groups excluding carboxylic acids is 1. The molecule has 2 unspecified atom stereocenters. The molecule has 1 amide bonds. The molecule has 0 saturated carbocycles. The van der Waals surface area contributed by atoms with Crippen molar-refractivity contribution in [3.63, 3.8) is 0 Å². The smallest absolute Gasteiger partial charge is 0.220 e. The van der Waals surface area contributed by atoms with Crippen LogP contribution >= 0.6 is 0 Å². The van der Waals surface area contributed by atoms with Crippen LogP contribution in [0.3, 0.4) is 0 Å². The van der Waals surface area contributed by atoms with Crippen LogP contribution in [-0.2, 0) is 4.79 Å². The summed E-state index contributed by atoms with van der Waals surface area (Å²) in [4.78, 5) is 11.6. The van der Waals surface area contributed by atoms with E-state index in [2.05, 4.69) is 25.2 Å². The Morgan fingerprint density at radius 2 is 2.17 bits per heavy atom. The van der Waals surface area contributed by atoms with Crippen molar-refractivity contribution in [2.24, 2.45) is 0 Å². The fraction of sp³-hybridized carbons (Fsp3) is 0.533. The van der Waals surface area contributed by atoms with Gasteiger partial charge in [-0.05, 0) is 42.4 Å². The van der Waals surface area contributed by atoms with E-state index >= 15 is 0 Å². The molecule has 3 heteroatoms. The molecule has 0 radical (unpaired) electrons. The molecule has 1 N–H and O–H groups in total. The second-order valence-corrected chi connectivity index (χ2v) is 5.12. The van der Waals surface area contributed by atoms with Crippen LogP contribution in [0.2, 0.25) is 0 Å². The summed E-state index contributed by atoms with van der Waals surface area (Å²) in [5.41, 5.74) is 3.89. The van der Waals surface area contributed by atoms with Gasteiger partial charge in [-0.25, -0.2) is 0 Å². The lowest BCUT2D eigenvalue weighted by atomic mass is 9.93. The van der Waals surface area contributed by atoms with Gasteiger partial charge in [0.2, 0.25) is 5.91 Å². The molecule has 18 heavy (non-hydrogen) atoms. The summed E-state index contributed by atoms with van der Waals surface area (Å²) in [6, 6.07) is 4.12. The van der Waals surface area contributed by atoms with Crippen LogP contribution in [0.1, 0.15) is 48.3 Å². The summed E-state index contributed by atoms with van der Waals surface area (Å²) in [6.07, 6.45) is 1.60. The quantitative estimate of drug-likeness (QED) is 0.892. The van der Waals surface area contributed by atoms with E-state index in [9.17, 15) is 4.79 Å². The van der Waals surface area contributed by atoms with Crippen molar-refractivity contribution >= 4 is 5.91 Å². The second-order valence-electron chi connectivity index (χ2n) is 5.12. The van der Waals surface area contributed by atoms with Crippen molar-refractivity contribution in [1.82, 2.24) is 5.32 Å². The molecule has 0 heterocycles. The van der Waals surface area contributed by atoms with Crippen molar-refractivity contribution < 1.29 is 9.53 Å². The number of nitrogens with one attached hydrogen (secondary N) is 1. The number of carbonyl (C=O) groups is 1. The third-order valence-electron chi connectivity index (χ3n) is 3.93. The van der Waals surface area contributed by atoms with E-state index < -0.39 is 0 Å². The van der Waals surface area contributed by atoms with Gasteiger partial charge >= 0.3 is 0 Å². The van der Waals surface area contributed by atoms with Crippen LogP contribution in [0.25, 0.3) is 0 Å². The Balaban J connectivity index is 2.41. The van der Waals surface area contributed by atoms with Crippen LogP contribution in [0.5, 0.6) is 5.75 Å². The first-order valence-electron chi connectivity index (χ1n) is 6.46. The molecule has 0 aliphatic heterocycles. The Bertz CT molecular complexity index is 468. The van der Waals surface area contributed by atoms with Crippen LogP contribution in [0.15, 0.2) is 12.1 Å². The number of benzene rings is 1. The highest BCUT2D eigenvalue weighted by Gasteiger charge is 2.33. The average molecular weight is 247 g/mol. The summed E-state index contributed by atoms with van der Waals surface area (Å²) >= 11 is 0. The summed E-state index contributed by atoms with van der Waals surface area (Å²) < 4.78 is 5.46. The molecule has 1 aliphatic rings. The van der Waals surface area contributed by atoms with Gasteiger partial charge in [0.15, 0.2) is 0 Å². The maximum atomic E-state index is 11.6. The molecule has 0 bridgehead atoms. The SMILES string of the molecule is CNC(=O)CC1CC(C)c2c(OC)ccc(C)c21. The van der Waals surface area contributed by atoms with Gasteiger partial charge in [0.05, 0.1) is 7.11 Å². The monoisotopic (exact) mass is 247 g/mol. The maximum Gasteiger partial charge on any atom is 0.220 e. The second kappa shape index (κ2) is 5.01. The van der Waals surface area contributed by atoms with Gasteiger partial charge in [-0.15, -0.1) is 0 Å². The minimum atomic E-state index is 0.113. The van der Waals surface area contributed by atoms with E-state index in [4.69, 9.17) is 4.74 Å². The number of aryl methyl sites for hydroxylation is 1. The highest BCUT2D eigenvalue weighted by atomic mass is 16.5. The van der Waals surface area contributed by atoms with Gasteiger partial charge in [-0.1, -0.05) is 13.0 Å². The van der Waals surface area contributed by atoms with E-state index in [1.165, 1.54) is 16.7 Å². The van der Waals surface area contributed by atoms with Gasteiger partial charge in [0.25, 0.3) is 0 Å². The largest absolute Gasteiger partial charge is 0.496 e. The first kappa shape index (κ1) is 12.9. The molecule has 1 aliphatic carbocycles. The van der Waals surface area contributed by atoms with E-state index in [-0.39, 0.29) is 5.91 Å². The topological polar surface area (TPSA) is 38.3 Å². The Kier molecular flexibility index (Phi) is 3.60. The third-order valence-corrected chi connectivity index (χ3v) is 3.93.